The summed E-state index contributed by atoms with van der Waals surface area (Å²) >= 11 is 3.15. The average Bonchev–Trinajstić information content (AvgIpc) is 2.15. The van der Waals surface area contributed by atoms with Crippen molar-refractivity contribution in [2.45, 2.75) is 12.5 Å². The van der Waals surface area contributed by atoms with Crippen LogP contribution in [0.3, 0.4) is 0 Å². The highest BCUT2D eigenvalue weighted by Gasteiger charge is 2.45. The van der Waals surface area contributed by atoms with E-state index in [2.05, 4.69) is 15.9 Å². The molecule has 0 N–H and O–H groups in total. The zero-order valence-electron chi connectivity index (χ0n) is 8.23. The number of halogens is 3. The van der Waals surface area contributed by atoms with Gasteiger partial charge in [-0.1, -0.05) is 15.9 Å². The number of amides is 1. The minimum absolute atomic E-state index is 0.0701. The van der Waals surface area contributed by atoms with E-state index in [1.165, 1.54) is 18.2 Å². The number of β-lactam (4-membered cyclic amide) rings is 1. The van der Waals surface area contributed by atoms with Gasteiger partial charge in [-0.25, -0.2) is 8.70 Å². The van der Waals surface area contributed by atoms with Crippen molar-refractivity contribution in [3.8, 4) is 0 Å². The summed E-state index contributed by atoms with van der Waals surface area (Å²) < 4.78 is 36.9. The van der Waals surface area contributed by atoms with E-state index in [1.54, 1.807) is 0 Å². The first-order valence-electron chi connectivity index (χ1n) is 4.52. The van der Waals surface area contributed by atoms with Gasteiger partial charge in [0.05, 0.1) is 12.5 Å². The zero-order valence-corrected chi connectivity index (χ0v) is 11.4. The van der Waals surface area contributed by atoms with Crippen molar-refractivity contribution in [2.75, 3.05) is 0 Å². The van der Waals surface area contributed by atoms with E-state index >= 15 is 0 Å². The maximum absolute atomic E-state index is 13.5. The van der Waals surface area contributed by atoms with E-state index in [4.69, 9.17) is 10.7 Å². The molecular weight excluding hydrogens is 337 g/mol. The Bertz CT molecular complexity index is 592. The molecule has 1 aliphatic rings. The van der Waals surface area contributed by atoms with Crippen LogP contribution in [0.15, 0.2) is 22.7 Å². The summed E-state index contributed by atoms with van der Waals surface area (Å²) in [6.07, 6.45) is -0.0701. The Labute approximate surface area is 110 Å². The third-order valence-corrected chi connectivity index (χ3v) is 4.32. The van der Waals surface area contributed by atoms with Gasteiger partial charge in [0.25, 0.3) is 0 Å². The van der Waals surface area contributed by atoms with Gasteiger partial charge < -0.3 is 0 Å². The average molecular weight is 343 g/mol. The zero-order chi connectivity index (χ0) is 12.8. The standard InChI is InChI=1S/C9H6BrClFNO3S/c10-5-1-2-7(12)6(3-5)8-4-9(14)13(8)17(11,15)16/h1-3,8H,4H2. The third kappa shape index (κ3) is 2.31. The number of hydrogen-bond acceptors (Lipinski definition) is 3. The minimum Gasteiger partial charge on any atom is -0.274 e. The predicted octanol–water partition coefficient (Wildman–Crippen LogP) is 2.35. The van der Waals surface area contributed by atoms with E-state index in [0.717, 1.165) is 0 Å². The molecule has 1 aromatic carbocycles. The molecule has 0 bridgehead atoms. The molecule has 1 saturated heterocycles. The van der Waals surface area contributed by atoms with Crippen LogP contribution in [0.25, 0.3) is 0 Å². The van der Waals surface area contributed by atoms with Crippen LogP contribution in [0, 0.1) is 5.82 Å². The Hall–Kier alpha value is -0.660. The van der Waals surface area contributed by atoms with Crippen molar-refractivity contribution in [3.63, 3.8) is 0 Å². The molecule has 2 rings (SSSR count). The van der Waals surface area contributed by atoms with Gasteiger partial charge in [-0.3, -0.25) is 4.79 Å². The fourth-order valence-electron chi connectivity index (χ4n) is 1.68. The van der Waals surface area contributed by atoms with Gasteiger partial charge in [0.2, 0.25) is 5.91 Å². The second kappa shape index (κ2) is 4.22. The van der Waals surface area contributed by atoms with E-state index < -0.39 is 27.0 Å². The molecule has 0 spiro atoms. The lowest BCUT2D eigenvalue weighted by molar-refractivity contribution is -0.137. The highest BCUT2D eigenvalue weighted by molar-refractivity contribution is 9.10. The van der Waals surface area contributed by atoms with Crippen molar-refractivity contribution < 1.29 is 17.6 Å². The molecule has 0 aromatic heterocycles. The lowest BCUT2D eigenvalue weighted by Gasteiger charge is -2.37. The summed E-state index contributed by atoms with van der Waals surface area (Å²) in [6, 6.07) is 3.25. The summed E-state index contributed by atoms with van der Waals surface area (Å²) in [5.74, 6) is -1.21. The second-order valence-corrected chi connectivity index (χ2v) is 6.82. The van der Waals surface area contributed by atoms with Gasteiger partial charge in [-0.2, -0.15) is 8.42 Å². The van der Waals surface area contributed by atoms with Crippen LogP contribution in [0.5, 0.6) is 0 Å². The molecule has 1 heterocycles. The maximum atomic E-state index is 13.5. The van der Waals surface area contributed by atoms with Crippen LogP contribution < -0.4 is 0 Å². The number of benzene rings is 1. The van der Waals surface area contributed by atoms with Gasteiger partial charge in [-0.05, 0) is 18.2 Å². The van der Waals surface area contributed by atoms with Gasteiger partial charge in [0.1, 0.15) is 5.82 Å². The third-order valence-electron chi connectivity index (χ3n) is 2.45. The molecular formula is C9H6BrClFNO3S. The smallest absolute Gasteiger partial charge is 0.274 e. The molecule has 1 amide bonds. The SMILES string of the molecule is O=C1CC(c2cc(Br)ccc2F)N1S(=O)(=O)Cl. The topological polar surface area (TPSA) is 54.5 Å². The Morgan fingerprint density at radius 2 is 2.12 bits per heavy atom. The van der Waals surface area contributed by atoms with Crippen molar-refractivity contribution >= 4 is 41.8 Å². The van der Waals surface area contributed by atoms with E-state index in [-0.39, 0.29) is 12.0 Å². The minimum atomic E-state index is -4.17. The van der Waals surface area contributed by atoms with E-state index in [1.807, 2.05) is 0 Å². The lowest BCUT2D eigenvalue weighted by Crippen LogP contribution is -2.48. The summed E-state index contributed by atoms with van der Waals surface area (Å²) in [4.78, 5) is 11.2. The maximum Gasteiger partial charge on any atom is 0.324 e. The van der Waals surface area contributed by atoms with Gasteiger partial charge >= 0.3 is 9.24 Å². The fraction of sp³-hybridized carbons (Fsp3) is 0.222. The van der Waals surface area contributed by atoms with Gasteiger partial charge in [0, 0.05) is 20.7 Å². The first-order valence-corrected chi connectivity index (χ1v) is 7.58. The van der Waals surface area contributed by atoms with Crippen LogP contribution in [0.4, 0.5) is 4.39 Å². The first kappa shape index (κ1) is 12.8. The number of nitrogens with zero attached hydrogens (tertiary/aromatic N) is 1. The Kier molecular flexibility index (Phi) is 3.17. The summed E-state index contributed by atoms with van der Waals surface area (Å²) in [5, 5.41) is 0. The molecule has 1 atom stereocenters. The largest absolute Gasteiger partial charge is 0.324 e. The number of carbonyl (C=O) groups is 1. The monoisotopic (exact) mass is 341 g/mol. The molecule has 0 saturated carbocycles. The molecule has 4 nitrogen and oxygen atoms in total. The van der Waals surface area contributed by atoms with Crippen molar-refractivity contribution in [1.82, 2.24) is 4.31 Å². The molecule has 8 heteroatoms. The first-order chi connectivity index (χ1) is 7.80. The van der Waals surface area contributed by atoms with Crippen LogP contribution in [0.1, 0.15) is 18.0 Å². The van der Waals surface area contributed by atoms with Gasteiger partial charge in [-0.15, -0.1) is 0 Å². The summed E-state index contributed by atoms with van der Waals surface area (Å²) in [6.45, 7) is 0. The summed E-state index contributed by atoms with van der Waals surface area (Å²) in [5.41, 5.74) is 0.128. The van der Waals surface area contributed by atoms with Gasteiger partial charge in [0.15, 0.2) is 0 Å². The highest BCUT2D eigenvalue weighted by Crippen LogP contribution is 2.39. The Morgan fingerprint density at radius 3 is 2.65 bits per heavy atom. The molecule has 1 aromatic rings. The second-order valence-electron chi connectivity index (χ2n) is 3.52. The molecule has 92 valence electrons. The van der Waals surface area contributed by atoms with Crippen LogP contribution in [0.2, 0.25) is 0 Å². The normalized spacial score (nSPS) is 20.3. The number of carbonyl (C=O) groups excluding carboxylic acids is 1. The van der Waals surface area contributed by atoms with E-state index in [9.17, 15) is 17.6 Å². The van der Waals surface area contributed by atoms with Crippen LogP contribution in [-0.4, -0.2) is 18.6 Å². The fourth-order valence-corrected chi connectivity index (χ4v) is 3.39. The molecule has 1 aliphatic heterocycles. The van der Waals surface area contributed by atoms with Crippen molar-refractivity contribution in [1.29, 1.82) is 0 Å². The van der Waals surface area contributed by atoms with Crippen molar-refractivity contribution in [3.05, 3.63) is 34.1 Å². The predicted molar refractivity (Wildman–Crippen MR) is 63.1 cm³/mol. The Balaban J connectivity index is 2.42. The van der Waals surface area contributed by atoms with Crippen LogP contribution >= 0.6 is 26.6 Å². The number of hydrogen-bond donors (Lipinski definition) is 0. The molecule has 1 unspecified atom stereocenters. The quantitative estimate of drug-likeness (QED) is 0.612. The summed E-state index contributed by atoms with van der Waals surface area (Å²) in [7, 11) is 0.942. The van der Waals surface area contributed by atoms with E-state index in [0.29, 0.717) is 8.78 Å². The van der Waals surface area contributed by atoms with Crippen LogP contribution in [-0.2, 0) is 14.0 Å². The van der Waals surface area contributed by atoms with Crippen molar-refractivity contribution in [2.24, 2.45) is 0 Å². The Morgan fingerprint density at radius 1 is 1.47 bits per heavy atom. The molecule has 1 fully saturated rings. The lowest BCUT2D eigenvalue weighted by atomic mass is 9.97. The molecule has 17 heavy (non-hydrogen) atoms. The number of rotatable bonds is 2. The molecule has 0 aliphatic carbocycles. The molecule has 0 radical (unpaired) electrons. The highest BCUT2D eigenvalue weighted by atomic mass is 79.9.